The molecular weight excluding hydrogens is 469 g/mol. The van der Waals surface area contributed by atoms with Crippen LogP contribution in [0.5, 0.6) is 0 Å². The first-order chi connectivity index (χ1) is 16.1. The van der Waals surface area contributed by atoms with Crippen molar-refractivity contribution in [3.8, 4) is 0 Å². The van der Waals surface area contributed by atoms with E-state index in [2.05, 4.69) is 13.0 Å². The predicted octanol–water partition coefficient (Wildman–Crippen LogP) is 7.86. The van der Waals surface area contributed by atoms with E-state index in [1.807, 2.05) is 32.1 Å². The second-order valence-electron chi connectivity index (χ2n) is 9.07. The van der Waals surface area contributed by atoms with Crippen molar-refractivity contribution in [1.82, 2.24) is 4.31 Å². The van der Waals surface area contributed by atoms with Crippen LogP contribution in [-0.2, 0) is 10.0 Å². The lowest BCUT2D eigenvalue weighted by Gasteiger charge is -2.18. The van der Waals surface area contributed by atoms with Crippen molar-refractivity contribution in [1.29, 1.82) is 0 Å². The molecule has 0 aliphatic heterocycles. The summed E-state index contributed by atoms with van der Waals surface area (Å²) >= 11 is 6.16. The van der Waals surface area contributed by atoms with Crippen molar-refractivity contribution in [2.45, 2.75) is 51.9 Å². The summed E-state index contributed by atoms with van der Waals surface area (Å²) in [6.07, 6.45) is 10.5. The van der Waals surface area contributed by atoms with E-state index in [0.29, 0.717) is 33.6 Å². The smallest absolute Gasteiger partial charge is 0.263 e. The minimum atomic E-state index is -3.73. The molecule has 0 saturated heterocycles. The fourth-order valence-electron chi connectivity index (χ4n) is 3.88. The van der Waals surface area contributed by atoms with Crippen molar-refractivity contribution >= 4 is 32.8 Å². The maximum absolute atomic E-state index is 14.7. The molecule has 6 heteroatoms. The SMILES string of the molecule is CCC/C=C/N(C)S(=O)(=O)c1cc(C(/C=C\C2CC2C)=C(/C)c2cc(Cl)ccc2F)ccc1C. The van der Waals surface area contributed by atoms with Gasteiger partial charge in [-0.3, -0.25) is 4.31 Å². The first-order valence-corrected chi connectivity index (χ1v) is 13.5. The quantitative estimate of drug-likeness (QED) is 0.259. The molecule has 2 atom stereocenters. The first kappa shape index (κ1) is 26.2. The van der Waals surface area contributed by atoms with Gasteiger partial charge in [0.1, 0.15) is 5.82 Å². The van der Waals surface area contributed by atoms with Crippen molar-refractivity contribution < 1.29 is 12.8 Å². The number of rotatable bonds is 9. The summed E-state index contributed by atoms with van der Waals surface area (Å²) < 4.78 is 42.7. The Labute approximate surface area is 208 Å². The molecule has 182 valence electrons. The van der Waals surface area contributed by atoms with Crippen LogP contribution in [0.1, 0.15) is 56.7 Å². The van der Waals surface area contributed by atoms with Gasteiger partial charge in [-0.2, -0.15) is 0 Å². The molecule has 1 aliphatic rings. The number of nitrogens with zero attached hydrogens (tertiary/aromatic N) is 1. The van der Waals surface area contributed by atoms with E-state index in [1.165, 1.54) is 16.4 Å². The minimum absolute atomic E-state index is 0.235. The summed E-state index contributed by atoms with van der Waals surface area (Å²) in [7, 11) is -2.19. The summed E-state index contributed by atoms with van der Waals surface area (Å²) in [5, 5.41) is 0.447. The monoisotopic (exact) mass is 501 g/mol. The van der Waals surface area contributed by atoms with Crippen LogP contribution >= 0.6 is 11.6 Å². The molecule has 0 N–H and O–H groups in total. The molecule has 3 rings (SSSR count). The Bertz CT molecular complexity index is 1250. The van der Waals surface area contributed by atoms with Gasteiger partial charge in [0.05, 0.1) is 4.90 Å². The molecule has 0 bridgehead atoms. The average molecular weight is 502 g/mol. The number of allylic oxidation sites excluding steroid dienone is 5. The summed E-state index contributed by atoms with van der Waals surface area (Å²) in [4.78, 5) is 0.235. The molecule has 1 aliphatic carbocycles. The lowest BCUT2D eigenvalue weighted by molar-refractivity contribution is 0.537. The Morgan fingerprint density at radius 3 is 2.59 bits per heavy atom. The lowest BCUT2D eigenvalue weighted by atomic mass is 9.94. The second kappa shape index (κ2) is 10.9. The number of aryl methyl sites for hydroxylation is 1. The van der Waals surface area contributed by atoms with E-state index in [9.17, 15) is 12.8 Å². The molecule has 2 aromatic carbocycles. The van der Waals surface area contributed by atoms with Gasteiger partial charge in [-0.25, -0.2) is 12.8 Å². The largest absolute Gasteiger partial charge is 0.277 e. The van der Waals surface area contributed by atoms with Crippen LogP contribution in [0, 0.1) is 24.6 Å². The molecule has 1 fully saturated rings. The van der Waals surface area contributed by atoms with Gasteiger partial charge in [-0.05, 0) is 85.1 Å². The van der Waals surface area contributed by atoms with Gasteiger partial charge in [0.15, 0.2) is 0 Å². The standard InChI is InChI=1S/C28H33ClFNO2S/c1-6-7-8-15-31(5)34(32,33)28-17-23(10-9-19(28)2)25(13-11-22-16-20(22)3)21(4)26-18-24(29)12-14-27(26)30/h8-15,17-18,20,22H,6-7,16H2,1-5H3/b13-11-,15-8+,25-21-. The fraction of sp³-hybridized carbons (Fsp3) is 0.357. The van der Waals surface area contributed by atoms with Crippen LogP contribution in [0.3, 0.4) is 0 Å². The molecule has 0 radical (unpaired) electrons. The van der Waals surface area contributed by atoms with E-state index >= 15 is 0 Å². The topological polar surface area (TPSA) is 37.4 Å². The zero-order chi connectivity index (χ0) is 25.0. The third-order valence-corrected chi connectivity index (χ3v) is 8.46. The zero-order valence-electron chi connectivity index (χ0n) is 20.5. The van der Waals surface area contributed by atoms with Gasteiger partial charge in [0.2, 0.25) is 0 Å². The van der Waals surface area contributed by atoms with Crippen molar-refractivity contribution in [2.75, 3.05) is 7.05 Å². The Hall–Kier alpha value is -2.37. The van der Waals surface area contributed by atoms with Crippen LogP contribution in [-0.4, -0.2) is 19.8 Å². The Morgan fingerprint density at radius 2 is 1.94 bits per heavy atom. The molecule has 3 nitrogen and oxygen atoms in total. The number of hydrogen-bond donors (Lipinski definition) is 0. The van der Waals surface area contributed by atoms with Gasteiger partial charge in [0, 0.05) is 23.8 Å². The number of benzene rings is 2. The van der Waals surface area contributed by atoms with Crippen LogP contribution in [0.25, 0.3) is 11.1 Å². The average Bonchev–Trinajstić information content (AvgIpc) is 3.51. The van der Waals surface area contributed by atoms with E-state index in [-0.39, 0.29) is 10.7 Å². The van der Waals surface area contributed by atoms with Gasteiger partial charge >= 0.3 is 0 Å². The van der Waals surface area contributed by atoms with Gasteiger partial charge < -0.3 is 0 Å². The molecule has 2 aromatic rings. The molecule has 0 heterocycles. The summed E-state index contributed by atoms with van der Waals surface area (Å²) in [6.45, 7) is 7.87. The number of hydrogen-bond acceptors (Lipinski definition) is 2. The highest BCUT2D eigenvalue weighted by molar-refractivity contribution is 7.89. The van der Waals surface area contributed by atoms with Gasteiger partial charge in [0.25, 0.3) is 10.0 Å². The highest BCUT2D eigenvalue weighted by Gasteiger charge is 2.30. The predicted molar refractivity (Wildman–Crippen MR) is 140 cm³/mol. The van der Waals surface area contributed by atoms with Crippen LogP contribution in [0.4, 0.5) is 4.39 Å². The minimum Gasteiger partial charge on any atom is -0.277 e. The maximum Gasteiger partial charge on any atom is 0.263 e. The molecule has 0 spiro atoms. The summed E-state index contributed by atoms with van der Waals surface area (Å²) in [6, 6.07) is 9.88. The molecular formula is C28H33ClFNO2S. The number of sulfonamides is 1. The van der Waals surface area contributed by atoms with Crippen molar-refractivity contribution in [3.05, 3.63) is 88.4 Å². The summed E-state index contributed by atoms with van der Waals surface area (Å²) in [5.41, 5.74) is 3.26. The van der Waals surface area contributed by atoms with Crippen LogP contribution < -0.4 is 0 Å². The maximum atomic E-state index is 14.7. The Kier molecular flexibility index (Phi) is 8.43. The first-order valence-electron chi connectivity index (χ1n) is 11.7. The molecule has 0 amide bonds. The van der Waals surface area contributed by atoms with E-state index < -0.39 is 10.0 Å². The number of halogens is 2. The fourth-order valence-corrected chi connectivity index (χ4v) is 5.36. The molecule has 1 saturated carbocycles. The van der Waals surface area contributed by atoms with Crippen molar-refractivity contribution in [2.24, 2.45) is 11.8 Å². The van der Waals surface area contributed by atoms with E-state index in [1.54, 1.807) is 38.4 Å². The molecule has 2 unspecified atom stereocenters. The number of unbranched alkanes of at least 4 members (excludes halogenated alkanes) is 1. The lowest BCUT2D eigenvalue weighted by Crippen LogP contribution is -2.22. The summed E-state index contributed by atoms with van der Waals surface area (Å²) in [5.74, 6) is 0.738. The molecule has 0 aromatic heterocycles. The molecule has 34 heavy (non-hydrogen) atoms. The van der Waals surface area contributed by atoms with Crippen LogP contribution in [0.2, 0.25) is 5.02 Å². The second-order valence-corrected chi connectivity index (χ2v) is 11.5. The van der Waals surface area contributed by atoms with Gasteiger partial charge in [-0.1, -0.05) is 62.2 Å². The Balaban J connectivity index is 2.14. The van der Waals surface area contributed by atoms with Gasteiger partial charge in [-0.15, -0.1) is 0 Å². The third kappa shape index (κ3) is 6.00. The van der Waals surface area contributed by atoms with E-state index in [0.717, 1.165) is 30.4 Å². The zero-order valence-corrected chi connectivity index (χ0v) is 22.0. The highest BCUT2D eigenvalue weighted by atomic mass is 35.5. The van der Waals surface area contributed by atoms with Crippen molar-refractivity contribution in [3.63, 3.8) is 0 Å². The highest BCUT2D eigenvalue weighted by Crippen LogP contribution is 2.40. The van der Waals surface area contributed by atoms with Crippen LogP contribution in [0.15, 0.2) is 65.7 Å². The normalized spacial score (nSPS) is 19.0. The van der Waals surface area contributed by atoms with E-state index in [4.69, 9.17) is 11.6 Å². The third-order valence-electron chi connectivity index (χ3n) is 6.35. The Morgan fingerprint density at radius 1 is 1.24 bits per heavy atom.